The van der Waals surface area contributed by atoms with Crippen LogP contribution in [-0.2, 0) is 0 Å². The average Bonchev–Trinajstić information content (AvgIpc) is 3.31. The van der Waals surface area contributed by atoms with E-state index < -0.39 is 10.8 Å². The summed E-state index contributed by atoms with van der Waals surface area (Å²) in [5.41, 5.74) is 5.44. The summed E-state index contributed by atoms with van der Waals surface area (Å²) in [6.45, 7) is 0. The third-order valence-electron chi connectivity index (χ3n) is 4.24. The lowest BCUT2D eigenvalue weighted by Gasteiger charge is -2.15. The summed E-state index contributed by atoms with van der Waals surface area (Å²) < 4.78 is 5.51. The highest BCUT2D eigenvalue weighted by molar-refractivity contribution is 7.80. The molecule has 1 aromatic heterocycles. The molecule has 3 N–H and O–H groups in total. The zero-order valence-corrected chi connectivity index (χ0v) is 15.7. The summed E-state index contributed by atoms with van der Waals surface area (Å²) >= 11 is 11.2. The maximum atomic E-state index is 12.2. The highest BCUT2D eigenvalue weighted by Gasteiger charge is 2.18. The molecule has 0 unspecified atom stereocenters. The Labute approximate surface area is 165 Å². The quantitative estimate of drug-likeness (QED) is 0.403. The maximum absolute atomic E-state index is 12.2. The van der Waals surface area contributed by atoms with Crippen molar-refractivity contribution in [2.24, 2.45) is 0 Å². The Kier molecular flexibility index (Phi) is 5.92. The van der Waals surface area contributed by atoms with Crippen molar-refractivity contribution in [3.63, 3.8) is 0 Å². The molecule has 1 fully saturated rings. The lowest BCUT2D eigenvalue weighted by atomic mass is 10.1. The number of amides is 1. The van der Waals surface area contributed by atoms with Crippen LogP contribution in [0.3, 0.4) is 0 Å². The molecule has 2 aromatic rings. The van der Waals surface area contributed by atoms with E-state index in [-0.39, 0.29) is 16.5 Å². The average molecular weight is 409 g/mol. The smallest absolute Gasteiger partial charge is 0.305 e. The predicted octanol–water partition coefficient (Wildman–Crippen LogP) is 3.56. The van der Waals surface area contributed by atoms with Gasteiger partial charge in [0.1, 0.15) is 5.76 Å². The van der Waals surface area contributed by atoms with Crippen LogP contribution in [0.4, 0.5) is 5.69 Å². The number of thiocarbonyl (C=S) groups is 1. The van der Waals surface area contributed by atoms with Crippen LogP contribution in [0.1, 0.15) is 36.2 Å². The van der Waals surface area contributed by atoms with E-state index in [9.17, 15) is 14.9 Å². The molecule has 1 heterocycles. The number of carbonyl (C=O) groups excluding carboxylic acids is 1. The molecule has 142 valence electrons. The van der Waals surface area contributed by atoms with Gasteiger partial charge >= 0.3 is 5.91 Å². The second-order valence-corrected chi connectivity index (χ2v) is 6.93. The molecule has 27 heavy (non-hydrogen) atoms. The van der Waals surface area contributed by atoms with Crippen molar-refractivity contribution in [2.75, 3.05) is 0 Å². The van der Waals surface area contributed by atoms with E-state index in [0.29, 0.717) is 22.5 Å². The molecule has 1 aliphatic rings. The van der Waals surface area contributed by atoms with Crippen LogP contribution in [0, 0.1) is 10.1 Å². The molecule has 1 saturated carbocycles. The molecule has 0 aliphatic heterocycles. The number of benzene rings is 1. The van der Waals surface area contributed by atoms with Gasteiger partial charge in [-0.25, -0.2) is 0 Å². The number of nitrogens with one attached hydrogen (secondary N) is 3. The fourth-order valence-corrected chi connectivity index (χ4v) is 3.37. The van der Waals surface area contributed by atoms with Gasteiger partial charge in [-0.2, -0.15) is 0 Å². The fourth-order valence-electron chi connectivity index (χ4n) is 2.89. The molecule has 0 atom stereocenters. The second-order valence-electron chi connectivity index (χ2n) is 6.12. The Hall–Kier alpha value is -2.65. The Bertz CT molecular complexity index is 880. The number of halogens is 1. The van der Waals surface area contributed by atoms with Crippen molar-refractivity contribution >= 4 is 40.5 Å². The van der Waals surface area contributed by atoms with Crippen molar-refractivity contribution in [1.82, 2.24) is 16.2 Å². The van der Waals surface area contributed by atoms with Gasteiger partial charge in [-0.3, -0.25) is 25.8 Å². The van der Waals surface area contributed by atoms with Gasteiger partial charge in [0.2, 0.25) is 0 Å². The minimum atomic E-state index is -0.537. The minimum absolute atomic E-state index is 0.0515. The molecule has 0 radical (unpaired) electrons. The van der Waals surface area contributed by atoms with Crippen LogP contribution in [0.2, 0.25) is 5.02 Å². The number of carbonyl (C=O) groups is 1. The van der Waals surface area contributed by atoms with Crippen LogP contribution < -0.4 is 16.2 Å². The van der Waals surface area contributed by atoms with Crippen molar-refractivity contribution in [2.45, 2.75) is 31.7 Å². The number of nitro groups is 1. The fraction of sp³-hybridized carbons (Fsp3) is 0.294. The lowest BCUT2D eigenvalue weighted by molar-refractivity contribution is -0.384. The first-order valence-electron chi connectivity index (χ1n) is 8.35. The number of furan rings is 1. The summed E-state index contributed by atoms with van der Waals surface area (Å²) in [7, 11) is 0. The first kappa shape index (κ1) is 19.1. The largest absolute Gasteiger partial charge is 0.451 e. The van der Waals surface area contributed by atoms with Crippen molar-refractivity contribution in [3.05, 3.63) is 51.2 Å². The first-order chi connectivity index (χ1) is 12.9. The molecule has 0 saturated heterocycles. The van der Waals surface area contributed by atoms with Crippen molar-refractivity contribution in [3.8, 4) is 11.3 Å². The number of nitro benzene ring substituents is 1. The van der Waals surface area contributed by atoms with Gasteiger partial charge in [0.05, 0.1) is 9.95 Å². The van der Waals surface area contributed by atoms with Gasteiger partial charge < -0.3 is 9.73 Å². The highest BCUT2D eigenvalue weighted by atomic mass is 35.5. The summed E-state index contributed by atoms with van der Waals surface area (Å²) in [4.78, 5) is 22.4. The topological polar surface area (TPSA) is 109 Å². The lowest BCUT2D eigenvalue weighted by Crippen LogP contribution is -2.49. The summed E-state index contributed by atoms with van der Waals surface area (Å²) in [6.07, 6.45) is 4.47. The highest BCUT2D eigenvalue weighted by Crippen LogP contribution is 2.32. The molecule has 1 aromatic carbocycles. The van der Waals surface area contributed by atoms with E-state index in [1.807, 2.05) is 0 Å². The Morgan fingerprint density at radius 3 is 2.63 bits per heavy atom. The predicted molar refractivity (Wildman–Crippen MR) is 104 cm³/mol. The van der Waals surface area contributed by atoms with E-state index in [4.69, 9.17) is 28.2 Å². The Morgan fingerprint density at radius 2 is 1.96 bits per heavy atom. The van der Waals surface area contributed by atoms with E-state index in [0.717, 1.165) is 12.8 Å². The third-order valence-corrected chi connectivity index (χ3v) is 4.77. The van der Waals surface area contributed by atoms with E-state index >= 15 is 0 Å². The van der Waals surface area contributed by atoms with Gasteiger partial charge in [0.15, 0.2) is 10.9 Å². The van der Waals surface area contributed by atoms with Gasteiger partial charge in [0.25, 0.3) is 5.69 Å². The molecular formula is C17H17ClN4O4S. The summed E-state index contributed by atoms with van der Waals surface area (Å²) in [6, 6.07) is 7.40. The van der Waals surface area contributed by atoms with Crippen LogP contribution in [0.25, 0.3) is 11.3 Å². The number of hydrazine groups is 1. The zero-order valence-electron chi connectivity index (χ0n) is 14.2. The monoisotopic (exact) mass is 408 g/mol. The molecule has 1 amide bonds. The first-order valence-corrected chi connectivity index (χ1v) is 9.13. The van der Waals surface area contributed by atoms with Crippen LogP contribution in [-0.4, -0.2) is 22.0 Å². The van der Waals surface area contributed by atoms with Crippen molar-refractivity contribution in [1.29, 1.82) is 0 Å². The van der Waals surface area contributed by atoms with Crippen LogP contribution in [0.15, 0.2) is 34.7 Å². The summed E-state index contributed by atoms with van der Waals surface area (Å²) in [5, 5.41) is 14.4. The van der Waals surface area contributed by atoms with Gasteiger partial charge in [-0.05, 0) is 43.3 Å². The molecular weight excluding hydrogens is 392 g/mol. The molecule has 8 nitrogen and oxygen atoms in total. The van der Waals surface area contributed by atoms with Gasteiger partial charge in [-0.15, -0.1) is 0 Å². The second kappa shape index (κ2) is 8.36. The molecule has 3 rings (SSSR count). The van der Waals surface area contributed by atoms with Gasteiger partial charge in [-0.1, -0.05) is 24.4 Å². The number of rotatable bonds is 4. The third kappa shape index (κ3) is 4.75. The Balaban J connectivity index is 1.60. The van der Waals surface area contributed by atoms with Crippen LogP contribution in [0.5, 0.6) is 0 Å². The number of hydrogen-bond acceptors (Lipinski definition) is 5. The SMILES string of the molecule is O=C(NNC(=S)NC1CCCC1)c1ccc(-c2ccc([N+](=O)[O-])cc2Cl)o1. The minimum Gasteiger partial charge on any atom is -0.451 e. The number of hydrogen-bond donors (Lipinski definition) is 3. The molecule has 10 heteroatoms. The standard InChI is InChI=1S/C17H17ClN4O4S/c18-13-9-11(22(24)25)5-6-12(13)14-7-8-15(26-14)16(23)20-21-17(27)19-10-3-1-2-4-10/h5-10H,1-4H2,(H,20,23)(H2,19,21,27). The van der Waals surface area contributed by atoms with E-state index in [1.54, 1.807) is 6.07 Å². The van der Waals surface area contributed by atoms with Crippen LogP contribution >= 0.6 is 23.8 Å². The normalized spacial score (nSPS) is 14.0. The van der Waals surface area contributed by atoms with Gasteiger partial charge in [0, 0.05) is 23.7 Å². The molecule has 0 spiro atoms. The molecule has 0 bridgehead atoms. The molecule has 1 aliphatic carbocycles. The van der Waals surface area contributed by atoms with E-state index in [1.165, 1.54) is 37.1 Å². The number of nitrogens with zero attached hydrogens (tertiary/aromatic N) is 1. The van der Waals surface area contributed by atoms with Crippen molar-refractivity contribution < 1.29 is 14.1 Å². The zero-order chi connectivity index (χ0) is 19.4. The Morgan fingerprint density at radius 1 is 1.22 bits per heavy atom. The maximum Gasteiger partial charge on any atom is 0.305 e. The summed E-state index contributed by atoms with van der Waals surface area (Å²) in [5.74, 6) is -0.128. The van der Waals surface area contributed by atoms with E-state index in [2.05, 4.69) is 16.2 Å². The number of non-ortho nitro benzene ring substituents is 1.